The van der Waals surface area contributed by atoms with Gasteiger partial charge in [-0.25, -0.2) is 4.98 Å². The maximum atomic E-state index is 9.73. The molecule has 1 rings (SSSR count). The molecule has 3 N–H and O–H groups in total. The monoisotopic (exact) mass is 197 g/mol. The number of aliphatic hydroxyl groups is 1. The highest BCUT2D eigenvalue weighted by atomic mass is 16.3. The van der Waals surface area contributed by atoms with Gasteiger partial charge in [-0.3, -0.25) is 0 Å². The van der Waals surface area contributed by atoms with E-state index in [1.165, 1.54) is 0 Å². The minimum Gasteiger partial charge on any atom is -0.389 e. The van der Waals surface area contributed by atoms with E-state index < -0.39 is 5.60 Å². The summed E-state index contributed by atoms with van der Waals surface area (Å²) in [5.41, 5.74) is 4.67. The standard InChI is InChI=1S/C10H19N3O/c1-3-9-12-5-7-13(9)6-4-10(2,14)8-11/h5,7,14H,3-4,6,8,11H2,1-2H3. The Bertz CT molecular complexity index is 281. The molecule has 1 atom stereocenters. The minimum atomic E-state index is -0.769. The van der Waals surface area contributed by atoms with E-state index in [1.54, 1.807) is 13.1 Å². The molecule has 0 aliphatic rings. The van der Waals surface area contributed by atoms with Crippen molar-refractivity contribution in [2.24, 2.45) is 5.73 Å². The number of nitrogens with two attached hydrogens (primary N) is 1. The Labute approximate surface area is 84.8 Å². The summed E-state index contributed by atoms with van der Waals surface area (Å²) in [6.45, 7) is 4.89. The quantitative estimate of drug-likeness (QED) is 0.724. The maximum absolute atomic E-state index is 9.73. The summed E-state index contributed by atoms with van der Waals surface area (Å²) < 4.78 is 2.06. The summed E-state index contributed by atoms with van der Waals surface area (Å²) in [4.78, 5) is 4.21. The Balaban J connectivity index is 2.53. The van der Waals surface area contributed by atoms with Gasteiger partial charge in [-0.2, -0.15) is 0 Å². The van der Waals surface area contributed by atoms with Gasteiger partial charge in [0.2, 0.25) is 0 Å². The molecular weight excluding hydrogens is 178 g/mol. The molecule has 0 saturated heterocycles. The van der Waals surface area contributed by atoms with Gasteiger partial charge in [-0.15, -0.1) is 0 Å². The van der Waals surface area contributed by atoms with E-state index in [0.29, 0.717) is 13.0 Å². The first-order valence-corrected chi connectivity index (χ1v) is 5.01. The number of aromatic nitrogens is 2. The van der Waals surface area contributed by atoms with E-state index in [4.69, 9.17) is 5.73 Å². The molecule has 0 fully saturated rings. The van der Waals surface area contributed by atoms with Crippen LogP contribution in [0.1, 0.15) is 26.1 Å². The predicted octanol–water partition coefficient (Wildman–Crippen LogP) is 0.545. The van der Waals surface area contributed by atoms with Gasteiger partial charge in [0, 0.05) is 31.9 Å². The van der Waals surface area contributed by atoms with E-state index in [9.17, 15) is 5.11 Å². The molecule has 1 aromatic heterocycles. The smallest absolute Gasteiger partial charge is 0.108 e. The van der Waals surface area contributed by atoms with E-state index in [2.05, 4.69) is 16.5 Å². The van der Waals surface area contributed by atoms with Crippen molar-refractivity contribution in [3.8, 4) is 0 Å². The molecule has 1 unspecified atom stereocenters. The average molecular weight is 197 g/mol. The van der Waals surface area contributed by atoms with E-state index in [-0.39, 0.29) is 0 Å². The molecular formula is C10H19N3O. The number of rotatable bonds is 5. The zero-order chi connectivity index (χ0) is 10.6. The van der Waals surface area contributed by atoms with Crippen molar-refractivity contribution >= 4 is 0 Å². The molecule has 4 heteroatoms. The zero-order valence-electron chi connectivity index (χ0n) is 8.90. The van der Waals surface area contributed by atoms with Gasteiger partial charge in [-0.05, 0) is 13.3 Å². The van der Waals surface area contributed by atoms with Crippen LogP contribution in [0.4, 0.5) is 0 Å². The van der Waals surface area contributed by atoms with Gasteiger partial charge >= 0.3 is 0 Å². The molecule has 1 aromatic rings. The second-order valence-electron chi connectivity index (χ2n) is 3.84. The Morgan fingerprint density at radius 2 is 2.36 bits per heavy atom. The highest BCUT2D eigenvalue weighted by molar-refractivity contribution is 4.92. The van der Waals surface area contributed by atoms with Crippen LogP contribution in [0.2, 0.25) is 0 Å². The zero-order valence-corrected chi connectivity index (χ0v) is 8.90. The van der Waals surface area contributed by atoms with Crippen LogP contribution >= 0.6 is 0 Å². The number of hydrogen-bond donors (Lipinski definition) is 2. The van der Waals surface area contributed by atoms with Crippen LogP contribution in [-0.4, -0.2) is 26.8 Å². The van der Waals surface area contributed by atoms with Crippen molar-refractivity contribution in [1.82, 2.24) is 9.55 Å². The van der Waals surface area contributed by atoms with E-state index in [1.807, 2.05) is 6.20 Å². The second-order valence-corrected chi connectivity index (χ2v) is 3.84. The van der Waals surface area contributed by atoms with Crippen LogP contribution < -0.4 is 5.73 Å². The van der Waals surface area contributed by atoms with Crippen LogP contribution in [-0.2, 0) is 13.0 Å². The summed E-state index contributed by atoms with van der Waals surface area (Å²) in [5, 5.41) is 9.73. The Morgan fingerprint density at radius 1 is 1.64 bits per heavy atom. The number of imidazole rings is 1. The summed E-state index contributed by atoms with van der Waals surface area (Å²) in [6.07, 6.45) is 5.30. The van der Waals surface area contributed by atoms with Crippen molar-refractivity contribution < 1.29 is 5.11 Å². The fourth-order valence-electron chi connectivity index (χ4n) is 1.32. The first-order chi connectivity index (χ1) is 6.59. The SMILES string of the molecule is CCc1nccn1CCC(C)(O)CN. The third-order valence-corrected chi connectivity index (χ3v) is 2.45. The lowest BCUT2D eigenvalue weighted by Gasteiger charge is -2.21. The lowest BCUT2D eigenvalue weighted by atomic mass is 10.0. The molecule has 1 heterocycles. The summed E-state index contributed by atoms with van der Waals surface area (Å²) >= 11 is 0. The Hall–Kier alpha value is -0.870. The number of hydrogen-bond acceptors (Lipinski definition) is 3. The molecule has 14 heavy (non-hydrogen) atoms. The molecule has 0 saturated carbocycles. The van der Waals surface area contributed by atoms with Gasteiger partial charge in [-0.1, -0.05) is 6.92 Å². The van der Waals surface area contributed by atoms with Gasteiger partial charge < -0.3 is 15.4 Å². The van der Waals surface area contributed by atoms with Gasteiger partial charge in [0.05, 0.1) is 5.60 Å². The number of aryl methyl sites for hydroxylation is 2. The Morgan fingerprint density at radius 3 is 2.93 bits per heavy atom. The minimum absolute atomic E-state index is 0.295. The predicted molar refractivity (Wildman–Crippen MR) is 55.9 cm³/mol. The highest BCUT2D eigenvalue weighted by Crippen LogP contribution is 2.10. The fraction of sp³-hybridized carbons (Fsp3) is 0.700. The van der Waals surface area contributed by atoms with Crippen molar-refractivity contribution in [1.29, 1.82) is 0 Å². The normalized spacial score (nSPS) is 15.4. The first-order valence-electron chi connectivity index (χ1n) is 5.01. The van der Waals surface area contributed by atoms with Gasteiger partial charge in [0.1, 0.15) is 5.82 Å². The highest BCUT2D eigenvalue weighted by Gasteiger charge is 2.17. The van der Waals surface area contributed by atoms with Gasteiger partial charge in [0.15, 0.2) is 0 Å². The lowest BCUT2D eigenvalue weighted by Crippen LogP contribution is -2.35. The average Bonchev–Trinajstić information content (AvgIpc) is 2.62. The summed E-state index contributed by atoms with van der Waals surface area (Å²) in [7, 11) is 0. The van der Waals surface area contributed by atoms with Crippen LogP contribution in [0.5, 0.6) is 0 Å². The molecule has 4 nitrogen and oxygen atoms in total. The topological polar surface area (TPSA) is 64.1 Å². The van der Waals surface area contributed by atoms with Crippen molar-refractivity contribution in [2.45, 2.75) is 38.8 Å². The van der Waals surface area contributed by atoms with Crippen LogP contribution in [0.3, 0.4) is 0 Å². The second kappa shape index (κ2) is 4.57. The first kappa shape index (κ1) is 11.2. The van der Waals surface area contributed by atoms with Crippen LogP contribution in [0, 0.1) is 0 Å². The van der Waals surface area contributed by atoms with Gasteiger partial charge in [0.25, 0.3) is 0 Å². The third-order valence-electron chi connectivity index (χ3n) is 2.45. The Kier molecular flexibility index (Phi) is 3.66. The van der Waals surface area contributed by atoms with Crippen LogP contribution in [0.15, 0.2) is 12.4 Å². The fourth-order valence-corrected chi connectivity index (χ4v) is 1.32. The number of nitrogens with zero attached hydrogens (tertiary/aromatic N) is 2. The summed E-state index contributed by atoms with van der Waals surface area (Å²) in [6, 6.07) is 0. The molecule has 0 radical (unpaired) electrons. The van der Waals surface area contributed by atoms with E-state index >= 15 is 0 Å². The largest absolute Gasteiger partial charge is 0.389 e. The molecule has 0 bridgehead atoms. The molecule has 0 aliphatic heterocycles. The van der Waals surface area contributed by atoms with Crippen molar-refractivity contribution in [3.63, 3.8) is 0 Å². The van der Waals surface area contributed by atoms with Crippen LogP contribution in [0.25, 0.3) is 0 Å². The summed E-state index contributed by atoms with van der Waals surface area (Å²) in [5.74, 6) is 1.05. The van der Waals surface area contributed by atoms with E-state index in [0.717, 1.165) is 18.8 Å². The molecule has 0 amide bonds. The molecule has 0 spiro atoms. The maximum Gasteiger partial charge on any atom is 0.108 e. The molecule has 0 aromatic carbocycles. The van der Waals surface area contributed by atoms with Crippen molar-refractivity contribution in [3.05, 3.63) is 18.2 Å². The third kappa shape index (κ3) is 2.82. The van der Waals surface area contributed by atoms with Crippen molar-refractivity contribution in [2.75, 3.05) is 6.54 Å². The molecule has 80 valence electrons. The lowest BCUT2D eigenvalue weighted by molar-refractivity contribution is 0.0551. The molecule has 0 aliphatic carbocycles.